The molecule has 1 atom stereocenters. The summed E-state index contributed by atoms with van der Waals surface area (Å²) in [5.74, 6) is 1.82. The monoisotopic (exact) mass is 463 g/mol. The molecule has 3 rings (SSSR count). The second-order valence-electron chi connectivity index (χ2n) is 6.58. The number of rotatable bonds is 5. The van der Waals surface area contributed by atoms with Crippen molar-refractivity contribution in [3.63, 3.8) is 0 Å². The second kappa shape index (κ2) is 9.91. The minimum Gasteiger partial charge on any atom is -0.350 e. The number of aryl methyl sites for hydroxylation is 1. The molecule has 0 radical (unpaired) electrons. The Labute approximate surface area is 166 Å². The number of aromatic nitrogens is 1. The van der Waals surface area contributed by atoms with Crippen molar-refractivity contribution < 1.29 is 0 Å². The molecule has 7 heteroatoms. The predicted octanol–water partition coefficient (Wildman–Crippen LogP) is 2.82. The molecule has 0 saturated carbocycles. The van der Waals surface area contributed by atoms with Gasteiger partial charge in [-0.05, 0) is 44.7 Å². The van der Waals surface area contributed by atoms with E-state index >= 15 is 0 Å². The summed E-state index contributed by atoms with van der Waals surface area (Å²) < 4.78 is 0. The van der Waals surface area contributed by atoms with Gasteiger partial charge in [0, 0.05) is 37.8 Å². The Kier molecular flexibility index (Phi) is 8.22. The molecule has 0 bridgehead atoms. The highest BCUT2D eigenvalue weighted by atomic mass is 127. The predicted molar refractivity (Wildman–Crippen MR) is 112 cm³/mol. The molecule has 1 N–H and O–H groups in total. The zero-order chi connectivity index (χ0) is 16.1. The summed E-state index contributed by atoms with van der Waals surface area (Å²) in [6.07, 6.45) is 7.11. The summed E-state index contributed by atoms with van der Waals surface area (Å²) in [4.78, 5) is 15.3. The molecule has 0 spiro atoms. The number of thiazole rings is 1. The molecule has 2 aliphatic heterocycles. The minimum atomic E-state index is 0. The highest BCUT2D eigenvalue weighted by Gasteiger charge is 2.27. The number of likely N-dealkylation sites (tertiary alicyclic amines) is 2. The average molecular weight is 463 g/mol. The molecule has 0 amide bonds. The third kappa shape index (κ3) is 5.29. The summed E-state index contributed by atoms with van der Waals surface area (Å²) in [6, 6.07) is 0. The van der Waals surface area contributed by atoms with Crippen molar-refractivity contribution in [2.24, 2.45) is 10.9 Å². The lowest BCUT2D eigenvalue weighted by Crippen LogP contribution is -2.40. The Morgan fingerprint density at radius 3 is 2.83 bits per heavy atom. The third-order valence-electron chi connectivity index (χ3n) is 4.86. The van der Waals surface area contributed by atoms with Gasteiger partial charge < -0.3 is 15.1 Å². The Balaban J connectivity index is 0.00000208. The molecular weight excluding hydrogens is 433 g/mol. The van der Waals surface area contributed by atoms with E-state index in [0.29, 0.717) is 0 Å². The molecule has 2 fully saturated rings. The molecule has 2 saturated heterocycles. The van der Waals surface area contributed by atoms with Gasteiger partial charge in [-0.25, -0.2) is 4.98 Å². The summed E-state index contributed by atoms with van der Waals surface area (Å²) in [6.45, 7) is 9.07. The van der Waals surface area contributed by atoms with E-state index in [9.17, 15) is 0 Å². The van der Waals surface area contributed by atoms with Crippen LogP contribution in [0.2, 0.25) is 0 Å². The van der Waals surface area contributed by atoms with Crippen LogP contribution in [0.5, 0.6) is 0 Å². The van der Waals surface area contributed by atoms with Crippen LogP contribution in [0.3, 0.4) is 0 Å². The van der Waals surface area contributed by atoms with Crippen molar-refractivity contribution in [3.05, 3.63) is 16.1 Å². The van der Waals surface area contributed by atoms with Gasteiger partial charge in [0.1, 0.15) is 5.01 Å². The number of guanidine groups is 1. The highest BCUT2D eigenvalue weighted by Crippen LogP contribution is 2.20. The van der Waals surface area contributed by atoms with E-state index in [4.69, 9.17) is 0 Å². The third-order valence-corrected chi connectivity index (χ3v) is 6.00. The van der Waals surface area contributed by atoms with Crippen LogP contribution in [-0.4, -0.2) is 60.5 Å². The van der Waals surface area contributed by atoms with Gasteiger partial charge in [0.25, 0.3) is 0 Å². The van der Waals surface area contributed by atoms with Crippen LogP contribution >= 0.6 is 35.3 Å². The highest BCUT2D eigenvalue weighted by molar-refractivity contribution is 14.0. The Morgan fingerprint density at radius 2 is 2.17 bits per heavy atom. The first kappa shape index (κ1) is 19.9. The fraction of sp³-hybridized carbons (Fsp3) is 0.765. The number of hydrogen-bond acceptors (Lipinski definition) is 4. The Bertz CT molecular complexity index is 527. The maximum absolute atomic E-state index is 4.48. The molecule has 5 nitrogen and oxygen atoms in total. The van der Waals surface area contributed by atoms with Gasteiger partial charge in [-0.1, -0.05) is 6.92 Å². The topological polar surface area (TPSA) is 43.8 Å². The van der Waals surface area contributed by atoms with E-state index < -0.39 is 0 Å². The zero-order valence-corrected chi connectivity index (χ0v) is 18.0. The molecule has 1 aromatic rings. The number of nitrogens with one attached hydrogen (secondary N) is 1. The maximum Gasteiger partial charge on any atom is 0.194 e. The van der Waals surface area contributed by atoms with Crippen molar-refractivity contribution in [2.45, 2.75) is 39.2 Å². The van der Waals surface area contributed by atoms with Crippen molar-refractivity contribution in [1.82, 2.24) is 20.1 Å². The number of halogens is 1. The Hall–Kier alpha value is -0.410. The molecule has 3 heterocycles. The summed E-state index contributed by atoms with van der Waals surface area (Å²) in [5, 5.41) is 4.64. The molecular formula is C17H30IN5S. The molecule has 0 aromatic carbocycles. The van der Waals surface area contributed by atoms with E-state index in [1.165, 1.54) is 43.8 Å². The van der Waals surface area contributed by atoms with Gasteiger partial charge in [0.15, 0.2) is 5.96 Å². The SMILES string of the molecule is CCc1cnc(CNC(=NC)N2CCC(CN3CCCC3)C2)s1.I. The van der Waals surface area contributed by atoms with Crippen LogP contribution in [-0.2, 0) is 13.0 Å². The number of hydrogen-bond donors (Lipinski definition) is 1. The van der Waals surface area contributed by atoms with Gasteiger partial charge >= 0.3 is 0 Å². The van der Waals surface area contributed by atoms with Gasteiger partial charge in [0.2, 0.25) is 0 Å². The van der Waals surface area contributed by atoms with Gasteiger partial charge in [-0.3, -0.25) is 4.99 Å². The Morgan fingerprint density at radius 1 is 1.38 bits per heavy atom. The van der Waals surface area contributed by atoms with Crippen LogP contribution in [0.15, 0.2) is 11.2 Å². The fourth-order valence-corrected chi connectivity index (χ4v) is 4.39. The normalized spacial score (nSPS) is 22.0. The van der Waals surface area contributed by atoms with E-state index in [-0.39, 0.29) is 24.0 Å². The standard InChI is InChI=1S/C17H29N5S.HI/c1-3-15-10-19-16(23-15)11-20-17(18-2)22-9-6-14(13-22)12-21-7-4-5-8-21;/h10,14H,3-9,11-13H2,1-2H3,(H,18,20);1H. The number of nitrogens with zero attached hydrogens (tertiary/aromatic N) is 4. The van der Waals surface area contributed by atoms with E-state index in [0.717, 1.165) is 42.9 Å². The molecule has 1 unspecified atom stereocenters. The minimum absolute atomic E-state index is 0. The van der Waals surface area contributed by atoms with Crippen molar-refractivity contribution in [2.75, 3.05) is 39.8 Å². The van der Waals surface area contributed by atoms with Crippen LogP contribution in [0.4, 0.5) is 0 Å². The molecule has 136 valence electrons. The lowest BCUT2D eigenvalue weighted by Gasteiger charge is -2.23. The van der Waals surface area contributed by atoms with Crippen molar-refractivity contribution in [3.8, 4) is 0 Å². The molecule has 24 heavy (non-hydrogen) atoms. The van der Waals surface area contributed by atoms with E-state index in [2.05, 4.69) is 32.0 Å². The van der Waals surface area contributed by atoms with Gasteiger partial charge in [0.05, 0.1) is 6.54 Å². The zero-order valence-electron chi connectivity index (χ0n) is 14.8. The van der Waals surface area contributed by atoms with Crippen molar-refractivity contribution in [1.29, 1.82) is 0 Å². The lowest BCUT2D eigenvalue weighted by atomic mass is 10.1. The number of aliphatic imine (C=N–C) groups is 1. The van der Waals surface area contributed by atoms with Gasteiger partial charge in [-0.2, -0.15) is 0 Å². The maximum atomic E-state index is 4.48. The first-order valence-electron chi connectivity index (χ1n) is 8.90. The molecule has 1 aromatic heterocycles. The smallest absolute Gasteiger partial charge is 0.194 e. The summed E-state index contributed by atoms with van der Waals surface area (Å²) in [5.41, 5.74) is 0. The second-order valence-corrected chi connectivity index (χ2v) is 7.78. The fourth-order valence-electron chi connectivity index (χ4n) is 3.58. The molecule has 2 aliphatic rings. The van der Waals surface area contributed by atoms with Crippen LogP contribution in [0.1, 0.15) is 36.1 Å². The van der Waals surface area contributed by atoms with Gasteiger partial charge in [-0.15, -0.1) is 35.3 Å². The van der Waals surface area contributed by atoms with E-state index in [1.54, 1.807) is 11.3 Å². The molecule has 0 aliphatic carbocycles. The van der Waals surface area contributed by atoms with Crippen LogP contribution in [0, 0.1) is 5.92 Å². The van der Waals surface area contributed by atoms with Crippen LogP contribution < -0.4 is 5.32 Å². The largest absolute Gasteiger partial charge is 0.350 e. The summed E-state index contributed by atoms with van der Waals surface area (Å²) >= 11 is 1.80. The van der Waals surface area contributed by atoms with Crippen LogP contribution in [0.25, 0.3) is 0 Å². The first-order chi connectivity index (χ1) is 11.3. The first-order valence-corrected chi connectivity index (χ1v) is 9.71. The summed E-state index contributed by atoms with van der Waals surface area (Å²) in [7, 11) is 1.88. The van der Waals surface area contributed by atoms with Crippen molar-refractivity contribution >= 4 is 41.3 Å². The quantitative estimate of drug-likeness (QED) is 0.415. The van der Waals surface area contributed by atoms with E-state index in [1.807, 2.05) is 13.2 Å². The average Bonchev–Trinajstić information content (AvgIpc) is 3.30. The lowest BCUT2D eigenvalue weighted by molar-refractivity contribution is 0.281.